The second-order valence-corrected chi connectivity index (χ2v) is 6.23. The molecule has 1 aromatic carbocycles. The number of H-pyrrole nitrogens is 1. The van der Waals surface area contributed by atoms with E-state index in [1.54, 1.807) is 17.2 Å². The fourth-order valence-electron chi connectivity index (χ4n) is 3.04. The van der Waals surface area contributed by atoms with Gasteiger partial charge >= 0.3 is 12.1 Å². The number of carbonyl (C=O) groups is 1. The van der Waals surface area contributed by atoms with Gasteiger partial charge in [0, 0.05) is 12.7 Å². The summed E-state index contributed by atoms with van der Waals surface area (Å²) < 4.78 is 38.2. The van der Waals surface area contributed by atoms with Gasteiger partial charge in [-0.3, -0.25) is 4.90 Å². The zero-order valence-electron chi connectivity index (χ0n) is 14.3. The van der Waals surface area contributed by atoms with Crippen LogP contribution in [0.3, 0.4) is 0 Å². The highest BCUT2D eigenvalue weighted by Crippen LogP contribution is 2.39. The third kappa shape index (κ3) is 3.24. The SMILES string of the molecule is O=C(O)c1ncc2c(n1)N(c1ccc[nH]1)CN2Cc1ccc(C(F)(F)F)cc1. The topological polar surface area (TPSA) is 85.3 Å². The first-order valence-corrected chi connectivity index (χ1v) is 8.25. The van der Waals surface area contributed by atoms with Crippen LogP contribution in [0.1, 0.15) is 21.7 Å². The number of hydrogen-bond donors (Lipinski definition) is 2. The van der Waals surface area contributed by atoms with E-state index in [0.717, 1.165) is 12.1 Å². The van der Waals surface area contributed by atoms with Crippen molar-refractivity contribution in [3.8, 4) is 0 Å². The second-order valence-electron chi connectivity index (χ2n) is 6.23. The lowest BCUT2D eigenvalue weighted by Crippen LogP contribution is -2.27. The molecule has 1 aliphatic heterocycles. The van der Waals surface area contributed by atoms with Crippen LogP contribution in [0.2, 0.25) is 0 Å². The summed E-state index contributed by atoms with van der Waals surface area (Å²) in [7, 11) is 0. The maximum atomic E-state index is 12.7. The predicted molar refractivity (Wildman–Crippen MR) is 94.4 cm³/mol. The minimum Gasteiger partial charge on any atom is -0.475 e. The largest absolute Gasteiger partial charge is 0.475 e. The average Bonchev–Trinajstić information content (AvgIpc) is 3.29. The smallest absolute Gasteiger partial charge is 0.416 e. The van der Waals surface area contributed by atoms with Gasteiger partial charge in [-0.25, -0.2) is 14.8 Å². The summed E-state index contributed by atoms with van der Waals surface area (Å²) in [6.45, 7) is 0.659. The number of anilines is 3. The lowest BCUT2D eigenvalue weighted by Gasteiger charge is -2.20. The van der Waals surface area contributed by atoms with Crippen LogP contribution >= 0.6 is 0 Å². The molecular formula is C18H14F3N5O2. The number of carboxylic acids is 1. The molecule has 3 heterocycles. The molecule has 10 heteroatoms. The summed E-state index contributed by atoms with van der Waals surface area (Å²) in [5.41, 5.74) is 0.564. The van der Waals surface area contributed by atoms with Crippen molar-refractivity contribution in [3.05, 3.63) is 65.7 Å². The summed E-state index contributed by atoms with van der Waals surface area (Å²) in [6.07, 6.45) is -1.24. The monoisotopic (exact) mass is 389 g/mol. The Labute approximate surface area is 157 Å². The molecular weight excluding hydrogens is 375 g/mol. The Hall–Kier alpha value is -3.56. The number of fused-ring (bicyclic) bond motifs is 1. The van der Waals surface area contributed by atoms with E-state index in [0.29, 0.717) is 36.1 Å². The number of halogens is 3. The van der Waals surface area contributed by atoms with Crippen molar-refractivity contribution in [2.24, 2.45) is 0 Å². The molecule has 1 aliphatic rings. The van der Waals surface area contributed by atoms with Gasteiger partial charge in [-0.05, 0) is 29.8 Å². The molecule has 3 aromatic rings. The van der Waals surface area contributed by atoms with E-state index < -0.39 is 17.7 Å². The molecule has 28 heavy (non-hydrogen) atoms. The predicted octanol–water partition coefficient (Wildman–Crippen LogP) is 3.64. The molecule has 0 unspecified atom stereocenters. The van der Waals surface area contributed by atoms with Gasteiger partial charge in [0.05, 0.1) is 18.4 Å². The third-order valence-electron chi connectivity index (χ3n) is 4.38. The van der Waals surface area contributed by atoms with Gasteiger partial charge in [0.15, 0.2) is 5.82 Å². The number of aromatic nitrogens is 3. The third-order valence-corrected chi connectivity index (χ3v) is 4.38. The first kappa shape index (κ1) is 17.8. The molecule has 0 bridgehead atoms. The molecule has 0 fully saturated rings. The maximum Gasteiger partial charge on any atom is 0.416 e. The quantitative estimate of drug-likeness (QED) is 0.709. The van der Waals surface area contributed by atoms with E-state index in [2.05, 4.69) is 15.0 Å². The maximum absolute atomic E-state index is 12.7. The lowest BCUT2D eigenvalue weighted by molar-refractivity contribution is -0.137. The Kier molecular flexibility index (Phi) is 4.17. The Morgan fingerprint density at radius 1 is 1.21 bits per heavy atom. The van der Waals surface area contributed by atoms with Crippen LogP contribution in [0.5, 0.6) is 0 Å². The molecule has 0 radical (unpaired) electrons. The number of rotatable bonds is 4. The van der Waals surface area contributed by atoms with Gasteiger partial charge in [0.25, 0.3) is 0 Å². The van der Waals surface area contributed by atoms with Crippen LogP contribution in [0.15, 0.2) is 48.8 Å². The Morgan fingerprint density at radius 2 is 1.96 bits per heavy atom. The minimum absolute atomic E-state index is 0.318. The van der Waals surface area contributed by atoms with Crippen molar-refractivity contribution in [2.45, 2.75) is 12.7 Å². The Balaban J connectivity index is 1.65. The van der Waals surface area contributed by atoms with Crippen molar-refractivity contribution in [3.63, 3.8) is 0 Å². The number of benzene rings is 1. The van der Waals surface area contributed by atoms with E-state index in [1.165, 1.54) is 18.3 Å². The highest BCUT2D eigenvalue weighted by atomic mass is 19.4. The summed E-state index contributed by atoms with van der Waals surface area (Å²) in [6, 6.07) is 8.54. The van der Waals surface area contributed by atoms with Gasteiger partial charge in [-0.2, -0.15) is 13.2 Å². The zero-order chi connectivity index (χ0) is 19.9. The fourth-order valence-corrected chi connectivity index (χ4v) is 3.04. The molecule has 0 amide bonds. The number of alkyl halides is 3. The number of aromatic amines is 1. The summed E-state index contributed by atoms with van der Waals surface area (Å²) in [5, 5.41) is 9.17. The summed E-state index contributed by atoms with van der Waals surface area (Å²) in [5.74, 6) is -0.435. The number of carboxylic acid groups (broad SMARTS) is 1. The van der Waals surface area contributed by atoms with E-state index in [9.17, 15) is 18.0 Å². The van der Waals surface area contributed by atoms with E-state index in [-0.39, 0.29) is 5.82 Å². The zero-order valence-corrected chi connectivity index (χ0v) is 14.3. The van der Waals surface area contributed by atoms with Crippen LogP contribution in [0.25, 0.3) is 0 Å². The van der Waals surface area contributed by atoms with Crippen LogP contribution in [-0.4, -0.2) is 32.7 Å². The van der Waals surface area contributed by atoms with Crippen molar-refractivity contribution in [2.75, 3.05) is 16.5 Å². The Morgan fingerprint density at radius 3 is 2.57 bits per heavy atom. The van der Waals surface area contributed by atoms with E-state index >= 15 is 0 Å². The first-order chi connectivity index (χ1) is 13.3. The number of nitrogens with zero attached hydrogens (tertiary/aromatic N) is 4. The van der Waals surface area contributed by atoms with Crippen molar-refractivity contribution in [1.82, 2.24) is 15.0 Å². The molecule has 0 spiro atoms. The van der Waals surface area contributed by atoms with Crippen molar-refractivity contribution < 1.29 is 23.1 Å². The van der Waals surface area contributed by atoms with Gasteiger partial charge in [-0.15, -0.1) is 0 Å². The van der Waals surface area contributed by atoms with Gasteiger partial charge < -0.3 is 15.0 Å². The average molecular weight is 389 g/mol. The Bertz CT molecular complexity index is 1000. The second kappa shape index (κ2) is 6.55. The molecule has 144 valence electrons. The molecule has 4 rings (SSSR count). The molecule has 0 saturated carbocycles. The number of hydrogen-bond acceptors (Lipinski definition) is 5. The van der Waals surface area contributed by atoms with Crippen LogP contribution in [0, 0.1) is 0 Å². The minimum atomic E-state index is -4.38. The van der Waals surface area contributed by atoms with Crippen LogP contribution in [-0.2, 0) is 12.7 Å². The number of nitrogens with one attached hydrogen (secondary N) is 1. The number of aromatic carboxylic acids is 1. The molecule has 7 nitrogen and oxygen atoms in total. The van der Waals surface area contributed by atoms with Gasteiger partial charge in [-0.1, -0.05) is 12.1 Å². The van der Waals surface area contributed by atoms with Gasteiger partial charge in [0.2, 0.25) is 5.82 Å². The first-order valence-electron chi connectivity index (χ1n) is 8.25. The van der Waals surface area contributed by atoms with Crippen LogP contribution in [0.4, 0.5) is 30.5 Å². The van der Waals surface area contributed by atoms with Crippen molar-refractivity contribution in [1.29, 1.82) is 0 Å². The normalized spacial score (nSPS) is 13.7. The van der Waals surface area contributed by atoms with Gasteiger partial charge in [0.1, 0.15) is 11.5 Å². The molecule has 0 aliphatic carbocycles. The van der Waals surface area contributed by atoms with E-state index in [4.69, 9.17) is 5.11 Å². The molecule has 2 N–H and O–H groups in total. The standard InChI is InChI=1S/C18H14F3N5O2/c19-18(20,21)12-5-3-11(4-6-12)9-25-10-26(14-2-1-7-22-14)16-13(25)8-23-15(24-16)17(27)28/h1-8,22H,9-10H2,(H,27,28). The fraction of sp³-hybridized carbons (Fsp3) is 0.167. The summed E-state index contributed by atoms with van der Waals surface area (Å²) >= 11 is 0. The molecule has 2 aromatic heterocycles. The molecule has 0 atom stereocenters. The van der Waals surface area contributed by atoms with Crippen LogP contribution < -0.4 is 9.80 Å². The summed E-state index contributed by atoms with van der Waals surface area (Å²) in [4.78, 5) is 25.9. The highest BCUT2D eigenvalue weighted by molar-refractivity contribution is 5.86. The lowest BCUT2D eigenvalue weighted by atomic mass is 10.1. The van der Waals surface area contributed by atoms with E-state index in [1.807, 2.05) is 11.0 Å². The molecule has 0 saturated heterocycles. The highest BCUT2D eigenvalue weighted by Gasteiger charge is 2.32. The van der Waals surface area contributed by atoms with Crippen molar-refractivity contribution >= 4 is 23.3 Å².